The van der Waals surface area contributed by atoms with Crippen molar-refractivity contribution in [2.45, 2.75) is 58.7 Å². The van der Waals surface area contributed by atoms with E-state index in [2.05, 4.69) is 10.3 Å². The summed E-state index contributed by atoms with van der Waals surface area (Å²) >= 11 is 1.66. The minimum atomic E-state index is -0.433. The van der Waals surface area contributed by atoms with Crippen LogP contribution in [-0.4, -0.2) is 40.7 Å². The van der Waals surface area contributed by atoms with Gasteiger partial charge in [0, 0.05) is 30.6 Å². The number of hydrogen-bond acceptors (Lipinski definition) is 5. The van der Waals surface area contributed by atoms with Gasteiger partial charge in [-0.25, -0.2) is 9.78 Å². The lowest BCUT2D eigenvalue weighted by molar-refractivity contribution is 0.0236. The van der Waals surface area contributed by atoms with Gasteiger partial charge in [0.15, 0.2) is 0 Å². The molecule has 2 rings (SSSR count). The van der Waals surface area contributed by atoms with Gasteiger partial charge in [0.1, 0.15) is 5.60 Å². The number of aryl methyl sites for hydroxylation is 1. The third-order valence-corrected chi connectivity index (χ3v) is 4.21. The van der Waals surface area contributed by atoms with Crippen molar-refractivity contribution in [1.82, 2.24) is 15.2 Å². The molecule has 0 unspecified atom stereocenters. The zero-order valence-electron chi connectivity index (χ0n) is 13.3. The number of carbonyl (C=O) groups is 1. The Kier molecular flexibility index (Phi) is 5.22. The normalized spacial score (nSPS) is 15.0. The molecule has 0 aliphatic heterocycles. The highest BCUT2D eigenvalue weighted by molar-refractivity contribution is 7.09. The summed E-state index contributed by atoms with van der Waals surface area (Å²) in [7, 11) is 0. The molecule has 0 spiro atoms. The molecule has 1 saturated carbocycles. The second-order valence-corrected chi connectivity index (χ2v) is 7.38. The Morgan fingerprint density at radius 2 is 2.24 bits per heavy atom. The van der Waals surface area contributed by atoms with E-state index in [4.69, 9.17) is 4.74 Å². The molecule has 0 bridgehead atoms. The van der Waals surface area contributed by atoms with Crippen molar-refractivity contribution in [2.75, 3.05) is 13.1 Å². The van der Waals surface area contributed by atoms with Crippen molar-refractivity contribution < 1.29 is 9.53 Å². The molecule has 1 heterocycles. The molecular formula is C15H25N3O2S. The molecule has 1 aromatic rings. The van der Waals surface area contributed by atoms with Gasteiger partial charge in [-0.1, -0.05) is 0 Å². The van der Waals surface area contributed by atoms with Crippen LogP contribution < -0.4 is 5.32 Å². The fourth-order valence-electron chi connectivity index (χ4n) is 2.03. The standard InChI is InChI=1S/C15H25N3O2S/c1-11-13(21-10-17-11)9-16-7-8-18(12-5-6-12)14(19)20-15(2,3)4/h10,12,16H,5-9H2,1-4H3. The Labute approximate surface area is 130 Å². The molecule has 1 aromatic heterocycles. The lowest BCUT2D eigenvalue weighted by Gasteiger charge is -2.27. The lowest BCUT2D eigenvalue weighted by atomic mass is 10.2. The predicted molar refractivity (Wildman–Crippen MR) is 84.5 cm³/mol. The molecule has 5 nitrogen and oxygen atoms in total. The summed E-state index contributed by atoms with van der Waals surface area (Å²) in [5, 5.41) is 3.38. The van der Waals surface area contributed by atoms with Crippen molar-refractivity contribution in [1.29, 1.82) is 0 Å². The van der Waals surface area contributed by atoms with Crippen LogP contribution in [0.15, 0.2) is 5.51 Å². The van der Waals surface area contributed by atoms with Gasteiger partial charge < -0.3 is 15.0 Å². The average Bonchev–Trinajstić information content (AvgIpc) is 3.11. The van der Waals surface area contributed by atoms with E-state index >= 15 is 0 Å². The first-order valence-corrected chi connectivity index (χ1v) is 8.34. The number of ether oxygens (including phenoxy) is 1. The van der Waals surface area contributed by atoms with Crippen LogP contribution in [0.3, 0.4) is 0 Å². The molecule has 21 heavy (non-hydrogen) atoms. The highest BCUT2D eigenvalue weighted by Crippen LogP contribution is 2.28. The number of hydrogen-bond donors (Lipinski definition) is 1. The number of nitrogens with one attached hydrogen (secondary N) is 1. The van der Waals surface area contributed by atoms with Crippen molar-refractivity contribution in [2.24, 2.45) is 0 Å². The summed E-state index contributed by atoms with van der Waals surface area (Å²) in [4.78, 5) is 19.5. The Morgan fingerprint density at radius 1 is 1.52 bits per heavy atom. The largest absolute Gasteiger partial charge is 0.444 e. The Balaban J connectivity index is 1.76. The topological polar surface area (TPSA) is 54.5 Å². The van der Waals surface area contributed by atoms with E-state index in [0.717, 1.165) is 31.6 Å². The van der Waals surface area contributed by atoms with Gasteiger partial charge in [-0.15, -0.1) is 11.3 Å². The molecule has 0 atom stereocenters. The van der Waals surface area contributed by atoms with Gasteiger partial charge in [-0.2, -0.15) is 0 Å². The molecule has 1 amide bonds. The van der Waals surface area contributed by atoms with Crippen LogP contribution in [0.2, 0.25) is 0 Å². The van der Waals surface area contributed by atoms with Crippen LogP contribution in [0.25, 0.3) is 0 Å². The van der Waals surface area contributed by atoms with Crippen LogP contribution in [-0.2, 0) is 11.3 Å². The van der Waals surface area contributed by atoms with Gasteiger partial charge in [0.25, 0.3) is 0 Å². The summed E-state index contributed by atoms with van der Waals surface area (Å²) in [6.07, 6.45) is 1.99. The summed E-state index contributed by atoms with van der Waals surface area (Å²) in [6, 6.07) is 0.367. The molecule has 0 aromatic carbocycles. The van der Waals surface area contributed by atoms with Crippen molar-refractivity contribution in [3.63, 3.8) is 0 Å². The van der Waals surface area contributed by atoms with Crippen molar-refractivity contribution >= 4 is 17.4 Å². The van der Waals surface area contributed by atoms with E-state index in [-0.39, 0.29) is 6.09 Å². The van der Waals surface area contributed by atoms with Crippen LogP contribution in [0.1, 0.15) is 44.2 Å². The van der Waals surface area contributed by atoms with Gasteiger partial charge in [0.2, 0.25) is 0 Å². The summed E-state index contributed by atoms with van der Waals surface area (Å²) in [6.45, 7) is 10.0. The SMILES string of the molecule is Cc1ncsc1CNCCN(C(=O)OC(C)(C)C)C1CC1. The summed E-state index contributed by atoms with van der Waals surface area (Å²) in [5.41, 5.74) is 2.51. The van der Waals surface area contributed by atoms with E-state index in [1.54, 1.807) is 11.3 Å². The number of nitrogens with zero attached hydrogens (tertiary/aromatic N) is 2. The van der Waals surface area contributed by atoms with Gasteiger partial charge in [-0.3, -0.25) is 0 Å². The van der Waals surface area contributed by atoms with Crippen LogP contribution >= 0.6 is 11.3 Å². The van der Waals surface area contributed by atoms with Crippen LogP contribution in [0.4, 0.5) is 4.79 Å². The molecule has 1 aliphatic carbocycles. The fourth-order valence-corrected chi connectivity index (χ4v) is 2.77. The molecule has 118 valence electrons. The number of carbonyl (C=O) groups excluding carboxylic acids is 1. The van der Waals surface area contributed by atoms with Crippen molar-refractivity contribution in [3.8, 4) is 0 Å². The van der Waals surface area contributed by atoms with Crippen LogP contribution in [0.5, 0.6) is 0 Å². The number of amides is 1. The molecular weight excluding hydrogens is 286 g/mol. The minimum Gasteiger partial charge on any atom is -0.444 e. The first-order valence-electron chi connectivity index (χ1n) is 7.46. The Bertz CT molecular complexity index is 478. The Morgan fingerprint density at radius 3 is 2.76 bits per heavy atom. The van der Waals surface area contributed by atoms with Gasteiger partial charge in [-0.05, 0) is 40.5 Å². The zero-order chi connectivity index (χ0) is 15.5. The summed E-state index contributed by atoms with van der Waals surface area (Å²) < 4.78 is 5.47. The third-order valence-electron chi connectivity index (χ3n) is 3.28. The highest BCUT2D eigenvalue weighted by Gasteiger charge is 2.34. The Hall–Kier alpha value is -1.14. The van der Waals surface area contributed by atoms with Gasteiger partial charge >= 0.3 is 6.09 Å². The number of thiazole rings is 1. The smallest absolute Gasteiger partial charge is 0.410 e. The molecule has 0 saturated heterocycles. The van der Waals surface area contributed by atoms with E-state index in [9.17, 15) is 4.79 Å². The maximum absolute atomic E-state index is 12.2. The second kappa shape index (κ2) is 6.75. The van der Waals surface area contributed by atoms with E-state index in [0.29, 0.717) is 12.6 Å². The maximum Gasteiger partial charge on any atom is 0.410 e. The monoisotopic (exact) mass is 311 g/mol. The number of aromatic nitrogens is 1. The quantitative estimate of drug-likeness (QED) is 0.821. The first-order chi connectivity index (χ1) is 9.87. The van der Waals surface area contributed by atoms with E-state index in [1.807, 2.05) is 38.1 Å². The van der Waals surface area contributed by atoms with Crippen molar-refractivity contribution in [3.05, 3.63) is 16.1 Å². The molecule has 0 radical (unpaired) electrons. The van der Waals surface area contributed by atoms with Gasteiger partial charge in [0.05, 0.1) is 11.2 Å². The number of rotatable bonds is 6. The fraction of sp³-hybridized carbons (Fsp3) is 0.733. The first kappa shape index (κ1) is 16.2. The molecule has 1 fully saturated rings. The molecule has 1 N–H and O–H groups in total. The lowest BCUT2D eigenvalue weighted by Crippen LogP contribution is -2.41. The highest BCUT2D eigenvalue weighted by atomic mass is 32.1. The third kappa shape index (κ3) is 5.28. The van der Waals surface area contributed by atoms with E-state index < -0.39 is 5.60 Å². The molecule has 1 aliphatic rings. The molecule has 6 heteroatoms. The maximum atomic E-state index is 12.2. The van der Waals surface area contributed by atoms with E-state index in [1.165, 1.54) is 4.88 Å². The minimum absolute atomic E-state index is 0.194. The summed E-state index contributed by atoms with van der Waals surface area (Å²) in [5.74, 6) is 0. The predicted octanol–water partition coefficient (Wildman–Crippen LogP) is 2.94. The van der Waals surface area contributed by atoms with Crippen LogP contribution in [0, 0.1) is 6.92 Å². The second-order valence-electron chi connectivity index (χ2n) is 6.44. The average molecular weight is 311 g/mol. The zero-order valence-corrected chi connectivity index (χ0v) is 14.1.